The molecule has 3 aromatic carbocycles. The van der Waals surface area contributed by atoms with Crippen molar-refractivity contribution in [2.45, 2.75) is 23.9 Å². The fourth-order valence-corrected chi connectivity index (χ4v) is 3.91. The molecule has 0 amide bonds. The topological polar surface area (TPSA) is 55.4 Å². The summed E-state index contributed by atoms with van der Waals surface area (Å²) in [5, 5.41) is 0. The summed E-state index contributed by atoms with van der Waals surface area (Å²) in [6, 6.07) is 20.7. The van der Waals surface area contributed by atoms with Crippen LogP contribution >= 0.6 is 0 Å². The minimum Gasteiger partial charge on any atom is -0.493 e. The van der Waals surface area contributed by atoms with E-state index in [9.17, 15) is 21.6 Å². The van der Waals surface area contributed by atoms with Crippen LogP contribution in [0.4, 0.5) is 18.9 Å². The monoisotopic (exact) mass is 460 g/mol. The van der Waals surface area contributed by atoms with Crippen molar-refractivity contribution in [2.24, 2.45) is 0 Å². The minimum atomic E-state index is -4.61. The number of alkyl halides is 3. The SMILES string of the molecule is O=S(=O)(Nc1cc(/C=C/CCCOc2[c]cccc2)cc(C(F)(F)F)c1)c1ccccc1. The highest BCUT2D eigenvalue weighted by atomic mass is 32.2. The van der Waals surface area contributed by atoms with Gasteiger partial charge in [-0.1, -0.05) is 48.6 Å². The first-order valence-corrected chi connectivity index (χ1v) is 11.3. The lowest BCUT2D eigenvalue weighted by Gasteiger charge is -2.13. The van der Waals surface area contributed by atoms with E-state index in [1.807, 2.05) is 12.1 Å². The number of benzene rings is 3. The number of hydrogen-bond donors (Lipinski definition) is 1. The molecule has 4 nitrogen and oxygen atoms in total. The van der Waals surface area contributed by atoms with Gasteiger partial charge in [-0.2, -0.15) is 13.2 Å². The molecule has 0 saturated heterocycles. The van der Waals surface area contributed by atoms with Gasteiger partial charge >= 0.3 is 6.18 Å². The maximum atomic E-state index is 13.3. The Morgan fingerprint density at radius 3 is 2.44 bits per heavy atom. The molecule has 0 heterocycles. The van der Waals surface area contributed by atoms with Crippen molar-refractivity contribution in [2.75, 3.05) is 11.3 Å². The standard InChI is InChI=1S/C24H21F3NO3S/c25-24(26,27)20-16-19(10-4-3-9-15-31-22-11-5-1-6-12-22)17-21(18-20)28-32(29,30)23-13-7-2-8-14-23/h1-2,4-8,10-11,13-14,16-18,28H,3,9,15H2/b10-4+. The van der Waals surface area contributed by atoms with Crippen molar-refractivity contribution < 1.29 is 26.3 Å². The van der Waals surface area contributed by atoms with Crippen LogP contribution in [-0.2, 0) is 16.2 Å². The maximum absolute atomic E-state index is 13.3. The smallest absolute Gasteiger partial charge is 0.416 e. The first-order chi connectivity index (χ1) is 15.2. The van der Waals surface area contributed by atoms with Gasteiger partial charge in [-0.25, -0.2) is 8.42 Å². The summed E-state index contributed by atoms with van der Waals surface area (Å²) >= 11 is 0. The number of sulfonamides is 1. The quantitative estimate of drug-likeness (QED) is 0.388. The molecule has 0 bridgehead atoms. The lowest BCUT2D eigenvalue weighted by Crippen LogP contribution is -2.14. The fraction of sp³-hybridized carbons (Fsp3) is 0.167. The molecule has 0 aliphatic rings. The van der Waals surface area contributed by atoms with Gasteiger partial charge in [0, 0.05) is 6.07 Å². The third-order valence-electron chi connectivity index (χ3n) is 4.35. The number of allylic oxidation sites excluding steroid dienone is 1. The number of hydrogen-bond acceptors (Lipinski definition) is 3. The molecule has 0 spiro atoms. The summed E-state index contributed by atoms with van der Waals surface area (Å²) < 4.78 is 72.7. The Kier molecular flexibility index (Phi) is 7.58. The van der Waals surface area contributed by atoms with Crippen molar-refractivity contribution in [1.82, 2.24) is 0 Å². The molecule has 8 heteroatoms. The number of nitrogens with one attached hydrogen (secondary N) is 1. The van der Waals surface area contributed by atoms with Gasteiger partial charge in [-0.15, -0.1) is 0 Å². The number of unbranched alkanes of at least 4 members (excludes halogenated alkanes) is 1. The molecule has 0 atom stereocenters. The van der Waals surface area contributed by atoms with E-state index >= 15 is 0 Å². The number of ether oxygens (including phenoxy) is 1. The van der Waals surface area contributed by atoms with Crippen LogP contribution in [0.2, 0.25) is 0 Å². The molecule has 3 aromatic rings. The third-order valence-corrected chi connectivity index (χ3v) is 5.75. The van der Waals surface area contributed by atoms with E-state index in [1.54, 1.807) is 24.3 Å². The van der Waals surface area contributed by atoms with Gasteiger partial charge in [0.15, 0.2) is 0 Å². The van der Waals surface area contributed by atoms with Crippen LogP contribution in [0, 0.1) is 6.07 Å². The van der Waals surface area contributed by atoms with Gasteiger partial charge in [0.05, 0.1) is 22.8 Å². The second-order valence-corrected chi connectivity index (χ2v) is 8.56. The van der Waals surface area contributed by atoms with Crippen LogP contribution in [0.3, 0.4) is 0 Å². The second kappa shape index (κ2) is 10.4. The van der Waals surface area contributed by atoms with E-state index in [0.717, 1.165) is 12.1 Å². The molecule has 0 aliphatic carbocycles. The summed E-state index contributed by atoms with van der Waals surface area (Å²) in [7, 11) is -4.01. The highest BCUT2D eigenvalue weighted by molar-refractivity contribution is 7.92. The van der Waals surface area contributed by atoms with Crippen molar-refractivity contribution in [1.29, 1.82) is 0 Å². The molecule has 0 saturated carbocycles. The Bertz CT molecular complexity index is 1150. The molecule has 0 aliphatic heterocycles. The van der Waals surface area contributed by atoms with E-state index in [1.165, 1.54) is 36.4 Å². The van der Waals surface area contributed by atoms with Crippen LogP contribution in [0.5, 0.6) is 5.75 Å². The third kappa shape index (κ3) is 6.88. The molecule has 1 radical (unpaired) electrons. The first-order valence-electron chi connectivity index (χ1n) is 9.80. The average Bonchev–Trinajstić information content (AvgIpc) is 2.76. The molecular weight excluding hydrogens is 439 g/mol. The lowest BCUT2D eigenvalue weighted by atomic mass is 10.1. The molecule has 0 fully saturated rings. The van der Waals surface area contributed by atoms with Gasteiger partial charge < -0.3 is 4.74 Å². The Hall–Kier alpha value is -3.26. The number of rotatable bonds is 9. The predicted octanol–water partition coefficient (Wildman–Crippen LogP) is 6.18. The van der Waals surface area contributed by atoms with E-state index < -0.39 is 21.8 Å². The van der Waals surface area contributed by atoms with Crippen LogP contribution < -0.4 is 9.46 Å². The molecule has 3 rings (SSSR count). The van der Waals surface area contributed by atoms with E-state index in [2.05, 4.69) is 10.8 Å². The average molecular weight is 460 g/mol. The molecule has 0 unspecified atom stereocenters. The Morgan fingerprint density at radius 1 is 1.00 bits per heavy atom. The predicted molar refractivity (Wildman–Crippen MR) is 118 cm³/mol. The fourth-order valence-electron chi connectivity index (χ4n) is 2.85. The Balaban J connectivity index is 1.69. The molecule has 167 valence electrons. The lowest BCUT2D eigenvalue weighted by molar-refractivity contribution is -0.137. The molecular formula is C24H21F3NO3S. The molecule has 1 N–H and O–H groups in total. The van der Waals surface area contributed by atoms with Gasteiger partial charge in [0.2, 0.25) is 0 Å². The summed E-state index contributed by atoms with van der Waals surface area (Å²) in [5.74, 6) is 0.629. The van der Waals surface area contributed by atoms with Crippen LogP contribution in [-0.4, -0.2) is 15.0 Å². The van der Waals surface area contributed by atoms with Gasteiger partial charge in [0.1, 0.15) is 5.75 Å². The zero-order valence-electron chi connectivity index (χ0n) is 17.0. The van der Waals surface area contributed by atoms with E-state index in [0.29, 0.717) is 25.2 Å². The zero-order chi connectivity index (χ0) is 23.0. The van der Waals surface area contributed by atoms with Crippen LogP contribution in [0.25, 0.3) is 6.08 Å². The Labute approximate surface area is 185 Å². The molecule has 32 heavy (non-hydrogen) atoms. The summed E-state index contributed by atoms with van der Waals surface area (Å²) in [5.41, 5.74) is -0.859. The van der Waals surface area contributed by atoms with E-state index in [-0.39, 0.29) is 16.1 Å². The number of anilines is 1. The first kappa shape index (κ1) is 23.4. The van der Waals surface area contributed by atoms with Gasteiger partial charge in [0.25, 0.3) is 10.0 Å². The van der Waals surface area contributed by atoms with Crippen molar-refractivity contribution in [3.05, 3.63) is 96.1 Å². The van der Waals surface area contributed by atoms with Crippen molar-refractivity contribution in [3.63, 3.8) is 0 Å². The second-order valence-electron chi connectivity index (χ2n) is 6.88. The van der Waals surface area contributed by atoms with Crippen molar-refractivity contribution >= 4 is 21.8 Å². The zero-order valence-corrected chi connectivity index (χ0v) is 17.8. The van der Waals surface area contributed by atoms with Crippen LogP contribution in [0.1, 0.15) is 24.0 Å². The molecule has 0 aromatic heterocycles. The highest BCUT2D eigenvalue weighted by Gasteiger charge is 2.31. The van der Waals surface area contributed by atoms with E-state index in [4.69, 9.17) is 4.74 Å². The Morgan fingerprint density at radius 2 is 1.75 bits per heavy atom. The van der Waals surface area contributed by atoms with Gasteiger partial charge in [-0.3, -0.25) is 4.72 Å². The minimum absolute atomic E-state index is 0.0369. The number of halogens is 3. The summed E-state index contributed by atoms with van der Waals surface area (Å²) in [6.45, 7) is 0.440. The van der Waals surface area contributed by atoms with Crippen LogP contribution in [0.15, 0.2) is 83.8 Å². The number of para-hydroxylation sites is 1. The normalized spacial score (nSPS) is 12.1. The van der Waals surface area contributed by atoms with Crippen molar-refractivity contribution in [3.8, 4) is 5.75 Å². The highest BCUT2D eigenvalue weighted by Crippen LogP contribution is 2.33. The van der Waals surface area contributed by atoms with Gasteiger partial charge in [-0.05, 0) is 54.8 Å². The largest absolute Gasteiger partial charge is 0.493 e. The summed E-state index contributed by atoms with van der Waals surface area (Å²) in [4.78, 5) is -0.0369. The summed E-state index contributed by atoms with van der Waals surface area (Å²) in [6.07, 6.45) is -0.121. The maximum Gasteiger partial charge on any atom is 0.416 e.